The SMILES string of the molecule is CNCC(=O)OC.NC(N)CC=O. The maximum atomic E-state index is 10.1. The van der Waals surface area contributed by atoms with Crippen LogP contribution < -0.4 is 16.8 Å². The van der Waals surface area contributed by atoms with Gasteiger partial charge in [0.05, 0.1) is 19.8 Å². The molecule has 0 aliphatic carbocycles. The third kappa shape index (κ3) is 18.2. The second kappa shape index (κ2) is 11.0. The van der Waals surface area contributed by atoms with E-state index in [4.69, 9.17) is 11.5 Å². The second-order valence-electron chi connectivity index (χ2n) is 2.17. The molecule has 0 aromatic rings. The van der Waals surface area contributed by atoms with Crippen molar-refractivity contribution < 1.29 is 14.3 Å². The molecule has 0 amide bonds. The van der Waals surface area contributed by atoms with E-state index in [-0.39, 0.29) is 18.9 Å². The molecule has 0 aliphatic heterocycles. The summed E-state index contributed by atoms with van der Waals surface area (Å²) in [7, 11) is 3.05. The zero-order valence-electron chi connectivity index (χ0n) is 7.95. The average molecular weight is 191 g/mol. The summed E-state index contributed by atoms with van der Waals surface area (Å²) in [5, 5.41) is 2.64. The van der Waals surface area contributed by atoms with E-state index in [1.807, 2.05) is 0 Å². The molecule has 0 atom stereocenters. The van der Waals surface area contributed by atoms with Crippen molar-refractivity contribution in [3.8, 4) is 0 Å². The number of aldehydes is 1. The summed E-state index contributed by atoms with van der Waals surface area (Å²) in [6.07, 6.45) is 0.479. The highest BCUT2D eigenvalue weighted by Crippen LogP contribution is 1.66. The minimum absolute atomic E-state index is 0.234. The molecule has 0 rings (SSSR count). The molecule has 0 radical (unpaired) electrons. The van der Waals surface area contributed by atoms with Crippen molar-refractivity contribution in [3.63, 3.8) is 0 Å². The van der Waals surface area contributed by atoms with Crippen molar-refractivity contribution >= 4 is 12.3 Å². The summed E-state index contributed by atoms with van der Waals surface area (Å²) in [6.45, 7) is 0.288. The first kappa shape index (κ1) is 14.5. The Morgan fingerprint density at radius 2 is 2.15 bits per heavy atom. The lowest BCUT2D eigenvalue weighted by atomic mass is 10.4. The number of hydrogen-bond acceptors (Lipinski definition) is 6. The summed E-state index contributed by atoms with van der Waals surface area (Å²) >= 11 is 0. The number of hydrogen-bond donors (Lipinski definition) is 3. The fourth-order valence-corrected chi connectivity index (χ4v) is 0.328. The first-order chi connectivity index (χ1) is 6.08. The van der Waals surface area contributed by atoms with E-state index in [0.29, 0.717) is 6.29 Å². The zero-order valence-corrected chi connectivity index (χ0v) is 7.95. The first-order valence-electron chi connectivity index (χ1n) is 3.74. The highest BCUT2D eigenvalue weighted by atomic mass is 16.5. The molecule has 78 valence electrons. The highest BCUT2D eigenvalue weighted by molar-refractivity contribution is 5.71. The van der Waals surface area contributed by atoms with Crippen LogP contribution in [0, 0.1) is 0 Å². The lowest BCUT2D eigenvalue weighted by molar-refractivity contribution is -0.139. The van der Waals surface area contributed by atoms with Crippen LogP contribution in [0.3, 0.4) is 0 Å². The van der Waals surface area contributed by atoms with Crippen LogP contribution in [-0.2, 0) is 14.3 Å². The van der Waals surface area contributed by atoms with E-state index < -0.39 is 6.17 Å². The van der Waals surface area contributed by atoms with Crippen LogP contribution in [0.5, 0.6) is 0 Å². The number of carbonyl (C=O) groups excluding carboxylic acids is 2. The Morgan fingerprint density at radius 1 is 1.62 bits per heavy atom. The number of nitrogens with one attached hydrogen (secondary N) is 1. The Balaban J connectivity index is 0. The summed E-state index contributed by atoms with van der Waals surface area (Å²) in [4.78, 5) is 19.6. The van der Waals surface area contributed by atoms with Crippen LogP contribution in [0.4, 0.5) is 0 Å². The molecule has 0 bridgehead atoms. The van der Waals surface area contributed by atoms with Crippen molar-refractivity contribution in [3.05, 3.63) is 0 Å². The molecule has 6 nitrogen and oxygen atoms in total. The minimum atomic E-state index is -0.470. The van der Waals surface area contributed by atoms with E-state index >= 15 is 0 Å². The highest BCUT2D eigenvalue weighted by Gasteiger charge is 1.91. The number of likely N-dealkylation sites (N-methyl/N-ethyl adjacent to an activating group) is 1. The molecule has 0 heterocycles. The Morgan fingerprint density at radius 3 is 2.23 bits per heavy atom. The molecular formula is C7H17N3O3. The predicted molar refractivity (Wildman–Crippen MR) is 48.8 cm³/mol. The third-order valence-electron chi connectivity index (χ3n) is 0.917. The molecule has 0 saturated carbocycles. The lowest BCUT2D eigenvalue weighted by Crippen LogP contribution is -2.30. The fourth-order valence-electron chi connectivity index (χ4n) is 0.328. The van der Waals surface area contributed by atoms with Gasteiger partial charge in [0, 0.05) is 6.42 Å². The molecule has 5 N–H and O–H groups in total. The number of carbonyl (C=O) groups is 2. The Kier molecular flexibility index (Phi) is 12.3. The Labute approximate surface area is 77.6 Å². The summed E-state index contributed by atoms with van der Waals surface area (Å²) in [6, 6.07) is 0. The van der Waals surface area contributed by atoms with Gasteiger partial charge in [0.25, 0.3) is 0 Å². The van der Waals surface area contributed by atoms with Gasteiger partial charge in [-0.25, -0.2) is 0 Å². The molecular weight excluding hydrogens is 174 g/mol. The molecule has 0 spiro atoms. The number of rotatable bonds is 4. The monoisotopic (exact) mass is 191 g/mol. The summed E-state index contributed by atoms with van der Waals surface area (Å²) in [5.41, 5.74) is 9.90. The topological polar surface area (TPSA) is 107 Å². The lowest BCUT2D eigenvalue weighted by Gasteiger charge is -1.93. The first-order valence-corrected chi connectivity index (χ1v) is 3.74. The zero-order chi connectivity index (χ0) is 10.7. The van der Waals surface area contributed by atoms with Gasteiger partial charge in [0.15, 0.2) is 0 Å². The van der Waals surface area contributed by atoms with E-state index in [1.165, 1.54) is 7.11 Å². The molecule has 0 aromatic heterocycles. The number of ether oxygens (including phenoxy) is 1. The van der Waals surface area contributed by atoms with Crippen molar-refractivity contribution in [1.82, 2.24) is 5.32 Å². The maximum Gasteiger partial charge on any atom is 0.319 e. The number of esters is 1. The van der Waals surface area contributed by atoms with Gasteiger partial charge in [0.2, 0.25) is 0 Å². The molecule has 0 saturated heterocycles. The second-order valence-corrected chi connectivity index (χ2v) is 2.17. The van der Waals surface area contributed by atoms with Crippen LogP contribution in [-0.4, -0.2) is 39.1 Å². The van der Waals surface area contributed by atoms with Crippen molar-refractivity contribution in [2.45, 2.75) is 12.6 Å². The van der Waals surface area contributed by atoms with Crippen molar-refractivity contribution in [1.29, 1.82) is 0 Å². The third-order valence-corrected chi connectivity index (χ3v) is 0.917. The van der Waals surface area contributed by atoms with E-state index in [9.17, 15) is 9.59 Å². The van der Waals surface area contributed by atoms with Crippen molar-refractivity contribution in [2.24, 2.45) is 11.5 Å². The molecule has 6 heteroatoms. The maximum absolute atomic E-state index is 10.1. The molecule has 0 unspecified atom stereocenters. The molecule has 0 aliphatic rings. The van der Waals surface area contributed by atoms with Crippen LogP contribution in [0.15, 0.2) is 0 Å². The quantitative estimate of drug-likeness (QED) is 0.275. The fraction of sp³-hybridized carbons (Fsp3) is 0.714. The van der Waals surface area contributed by atoms with Crippen LogP contribution >= 0.6 is 0 Å². The minimum Gasteiger partial charge on any atom is -0.468 e. The van der Waals surface area contributed by atoms with Crippen LogP contribution in [0.2, 0.25) is 0 Å². The Bertz CT molecular complexity index is 139. The average Bonchev–Trinajstić information content (AvgIpc) is 2.05. The van der Waals surface area contributed by atoms with Gasteiger partial charge in [-0.15, -0.1) is 0 Å². The van der Waals surface area contributed by atoms with Gasteiger partial charge >= 0.3 is 5.97 Å². The van der Waals surface area contributed by atoms with Gasteiger partial charge in [-0.05, 0) is 7.05 Å². The van der Waals surface area contributed by atoms with Gasteiger partial charge < -0.3 is 26.3 Å². The predicted octanol–water partition coefficient (Wildman–Crippen LogP) is -1.80. The summed E-state index contributed by atoms with van der Waals surface area (Å²) in [5.74, 6) is -0.234. The Hall–Kier alpha value is -0.980. The van der Waals surface area contributed by atoms with E-state index in [0.717, 1.165) is 0 Å². The largest absolute Gasteiger partial charge is 0.468 e. The van der Waals surface area contributed by atoms with Gasteiger partial charge in [-0.1, -0.05) is 0 Å². The molecule has 0 fully saturated rings. The van der Waals surface area contributed by atoms with Gasteiger partial charge in [-0.3, -0.25) is 4.79 Å². The molecule has 13 heavy (non-hydrogen) atoms. The number of nitrogens with two attached hydrogens (primary N) is 2. The van der Waals surface area contributed by atoms with Crippen molar-refractivity contribution in [2.75, 3.05) is 20.7 Å². The van der Waals surface area contributed by atoms with Crippen LogP contribution in [0.25, 0.3) is 0 Å². The van der Waals surface area contributed by atoms with Crippen LogP contribution in [0.1, 0.15) is 6.42 Å². The normalized spacial score (nSPS) is 8.69. The van der Waals surface area contributed by atoms with Gasteiger partial charge in [0.1, 0.15) is 6.29 Å². The smallest absolute Gasteiger partial charge is 0.319 e. The van der Waals surface area contributed by atoms with E-state index in [2.05, 4.69) is 10.1 Å². The molecule has 0 aromatic carbocycles. The summed E-state index contributed by atoms with van der Waals surface area (Å²) < 4.78 is 4.29. The van der Waals surface area contributed by atoms with E-state index in [1.54, 1.807) is 7.05 Å². The standard InChI is InChI=1S/C4H9NO2.C3H8N2O/c1-5-3-4(6)7-2;4-3(5)1-2-6/h5H,3H2,1-2H3;2-3H,1,4-5H2. The van der Waals surface area contributed by atoms with Gasteiger partial charge in [-0.2, -0.15) is 0 Å². The number of methoxy groups -OCH3 is 1.